The largest absolute Gasteiger partial charge is 0.423 e. The second-order valence-corrected chi connectivity index (χ2v) is 5.88. The number of carbonyl (C=O) groups excluding carboxylic acids is 1. The Hall–Kier alpha value is -2.20. The van der Waals surface area contributed by atoms with Crippen molar-refractivity contribution < 1.29 is 13.9 Å². The van der Waals surface area contributed by atoms with Crippen molar-refractivity contribution in [2.75, 3.05) is 0 Å². The summed E-state index contributed by atoms with van der Waals surface area (Å²) < 4.78 is 19.1. The molecule has 2 aromatic carbocycles. The molecule has 3 rings (SSSR count). The number of hydrogen-bond donors (Lipinski definition) is 0. The van der Waals surface area contributed by atoms with Crippen LogP contribution in [-0.2, 0) is 16.0 Å². The number of benzene rings is 2. The van der Waals surface area contributed by atoms with E-state index < -0.39 is 0 Å². The summed E-state index contributed by atoms with van der Waals surface area (Å²) >= 11 is 3.38. The Morgan fingerprint density at radius 3 is 2.41 bits per heavy atom. The molecule has 22 heavy (non-hydrogen) atoms. The minimum absolute atomic E-state index is 0.294. The number of cyclic esters (lactones) is 1. The van der Waals surface area contributed by atoms with Gasteiger partial charge in [-0.3, -0.25) is 0 Å². The number of rotatable bonds is 3. The first-order valence-corrected chi connectivity index (χ1v) is 7.54. The van der Waals surface area contributed by atoms with Crippen LogP contribution < -0.4 is 0 Å². The molecule has 0 spiro atoms. The van der Waals surface area contributed by atoms with E-state index in [-0.39, 0.29) is 11.8 Å². The van der Waals surface area contributed by atoms with Gasteiger partial charge in [0.25, 0.3) is 0 Å². The van der Waals surface area contributed by atoms with E-state index in [1.165, 1.54) is 12.1 Å². The first kappa shape index (κ1) is 14.7. The lowest BCUT2D eigenvalue weighted by molar-refractivity contribution is -0.133. The Morgan fingerprint density at radius 1 is 1.05 bits per heavy atom. The van der Waals surface area contributed by atoms with Gasteiger partial charge in [0.05, 0.1) is 0 Å². The summed E-state index contributed by atoms with van der Waals surface area (Å²) in [6.07, 6.45) is 3.96. The zero-order valence-electron chi connectivity index (χ0n) is 11.6. The molecule has 1 aliphatic heterocycles. The third-order valence-electron chi connectivity index (χ3n) is 3.28. The summed E-state index contributed by atoms with van der Waals surface area (Å²) in [4.78, 5) is 11.9. The van der Waals surface area contributed by atoms with Gasteiger partial charge < -0.3 is 4.74 Å². The minimum atomic E-state index is -0.337. The highest BCUT2D eigenvalue weighted by molar-refractivity contribution is 9.10. The molecule has 1 aliphatic rings. The predicted octanol–water partition coefficient (Wildman–Crippen LogP) is 4.66. The van der Waals surface area contributed by atoms with Gasteiger partial charge >= 0.3 is 5.97 Å². The molecule has 0 fully saturated rings. The van der Waals surface area contributed by atoms with Crippen LogP contribution in [0.5, 0.6) is 0 Å². The fraction of sp³-hybridized carbons (Fsp3) is 0.0556. The Bertz CT molecular complexity index is 759. The normalized spacial score (nSPS) is 15.8. The SMILES string of the molecule is O=C1O/C(=C/c2ccc(F)cc2)C=C1Cc1ccc(Br)cc1. The number of ether oxygens (including phenoxy) is 1. The topological polar surface area (TPSA) is 26.3 Å². The Balaban J connectivity index is 1.79. The van der Waals surface area contributed by atoms with Gasteiger partial charge in [-0.1, -0.05) is 40.2 Å². The first-order chi connectivity index (χ1) is 10.6. The molecule has 0 radical (unpaired) electrons. The van der Waals surface area contributed by atoms with Crippen molar-refractivity contribution in [2.45, 2.75) is 6.42 Å². The maximum Gasteiger partial charge on any atom is 0.339 e. The molecule has 0 N–H and O–H groups in total. The van der Waals surface area contributed by atoms with E-state index in [2.05, 4.69) is 15.9 Å². The lowest BCUT2D eigenvalue weighted by Crippen LogP contribution is -2.01. The summed E-state index contributed by atoms with van der Waals surface area (Å²) in [6.45, 7) is 0. The van der Waals surface area contributed by atoms with Crippen LogP contribution >= 0.6 is 15.9 Å². The van der Waals surface area contributed by atoms with E-state index in [1.807, 2.05) is 24.3 Å². The number of allylic oxidation sites excluding steroid dienone is 1. The molecule has 0 bridgehead atoms. The fourth-order valence-electron chi connectivity index (χ4n) is 2.17. The van der Waals surface area contributed by atoms with E-state index in [0.717, 1.165) is 15.6 Å². The molecule has 0 aliphatic carbocycles. The van der Waals surface area contributed by atoms with Gasteiger partial charge in [0.2, 0.25) is 0 Å². The standard InChI is InChI=1S/C18H12BrFO2/c19-15-5-1-12(2-6-15)9-14-11-17(22-18(14)21)10-13-3-7-16(20)8-4-13/h1-8,10-11H,9H2/b17-10+. The molecule has 0 aromatic heterocycles. The highest BCUT2D eigenvalue weighted by atomic mass is 79.9. The smallest absolute Gasteiger partial charge is 0.339 e. The summed E-state index contributed by atoms with van der Waals surface area (Å²) in [5, 5.41) is 0. The summed E-state index contributed by atoms with van der Waals surface area (Å²) in [6, 6.07) is 13.8. The van der Waals surface area contributed by atoms with E-state index >= 15 is 0 Å². The van der Waals surface area contributed by atoms with E-state index in [1.54, 1.807) is 24.3 Å². The van der Waals surface area contributed by atoms with Crippen molar-refractivity contribution in [3.8, 4) is 0 Å². The zero-order chi connectivity index (χ0) is 15.5. The Morgan fingerprint density at radius 2 is 1.73 bits per heavy atom. The molecule has 110 valence electrons. The molecule has 1 heterocycles. The highest BCUT2D eigenvalue weighted by Crippen LogP contribution is 2.23. The maximum absolute atomic E-state index is 12.9. The van der Waals surface area contributed by atoms with Crippen molar-refractivity contribution in [3.63, 3.8) is 0 Å². The summed E-state index contributed by atoms with van der Waals surface area (Å²) in [5.74, 6) is -0.156. The molecule has 0 saturated carbocycles. The van der Waals surface area contributed by atoms with Crippen molar-refractivity contribution in [3.05, 3.63) is 87.4 Å². The van der Waals surface area contributed by atoms with Gasteiger partial charge in [-0.15, -0.1) is 0 Å². The van der Waals surface area contributed by atoms with Crippen molar-refractivity contribution in [1.29, 1.82) is 0 Å². The van der Waals surface area contributed by atoms with Crippen LogP contribution in [0.25, 0.3) is 6.08 Å². The van der Waals surface area contributed by atoms with Gasteiger partial charge in [-0.2, -0.15) is 0 Å². The second kappa shape index (κ2) is 6.28. The average Bonchev–Trinajstić information content (AvgIpc) is 2.84. The number of hydrogen-bond acceptors (Lipinski definition) is 2. The molecule has 0 saturated heterocycles. The van der Waals surface area contributed by atoms with E-state index in [0.29, 0.717) is 17.8 Å². The summed E-state index contributed by atoms with van der Waals surface area (Å²) in [5.41, 5.74) is 2.43. The number of halogens is 2. The second-order valence-electron chi connectivity index (χ2n) is 4.96. The van der Waals surface area contributed by atoms with Crippen LogP contribution in [0, 0.1) is 5.82 Å². The van der Waals surface area contributed by atoms with E-state index in [9.17, 15) is 9.18 Å². The summed E-state index contributed by atoms with van der Waals surface area (Å²) in [7, 11) is 0. The molecule has 0 unspecified atom stereocenters. The Kier molecular flexibility index (Phi) is 4.20. The van der Waals surface area contributed by atoms with Gasteiger partial charge in [0.1, 0.15) is 11.6 Å². The molecule has 2 aromatic rings. The molecule has 0 atom stereocenters. The van der Waals surface area contributed by atoms with Gasteiger partial charge in [-0.25, -0.2) is 9.18 Å². The van der Waals surface area contributed by atoms with Gasteiger partial charge in [-0.05, 0) is 47.5 Å². The molecule has 4 heteroatoms. The zero-order valence-corrected chi connectivity index (χ0v) is 13.1. The average molecular weight is 359 g/mol. The van der Waals surface area contributed by atoms with Crippen molar-refractivity contribution in [2.24, 2.45) is 0 Å². The number of carbonyl (C=O) groups is 1. The highest BCUT2D eigenvalue weighted by Gasteiger charge is 2.21. The fourth-order valence-corrected chi connectivity index (χ4v) is 2.44. The number of esters is 1. The van der Waals surface area contributed by atoms with E-state index in [4.69, 9.17) is 4.74 Å². The third-order valence-corrected chi connectivity index (χ3v) is 3.80. The minimum Gasteiger partial charge on any atom is -0.423 e. The van der Waals surface area contributed by atoms with Gasteiger partial charge in [0, 0.05) is 16.5 Å². The maximum atomic E-state index is 12.9. The lowest BCUT2D eigenvalue weighted by Gasteiger charge is -2.00. The monoisotopic (exact) mass is 358 g/mol. The molecular formula is C18H12BrFO2. The predicted molar refractivity (Wildman–Crippen MR) is 86.4 cm³/mol. The van der Waals surface area contributed by atoms with Crippen LogP contribution in [-0.4, -0.2) is 5.97 Å². The lowest BCUT2D eigenvalue weighted by atomic mass is 10.1. The Labute approximate surface area is 136 Å². The molecule has 2 nitrogen and oxygen atoms in total. The van der Waals surface area contributed by atoms with Gasteiger partial charge in [0.15, 0.2) is 0 Å². The quantitative estimate of drug-likeness (QED) is 0.746. The van der Waals surface area contributed by atoms with Crippen LogP contribution in [0.4, 0.5) is 4.39 Å². The van der Waals surface area contributed by atoms with Crippen LogP contribution in [0.3, 0.4) is 0 Å². The van der Waals surface area contributed by atoms with Crippen LogP contribution in [0.2, 0.25) is 0 Å². The third kappa shape index (κ3) is 3.52. The van der Waals surface area contributed by atoms with Crippen LogP contribution in [0.1, 0.15) is 11.1 Å². The van der Waals surface area contributed by atoms with Crippen molar-refractivity contribution in [1.82, 2.24) is 0 Å². The molecular weight excluding hydrogens is 347 g/mol. The van der Waals surface area contributed by atoms with Crippen molar-refractivity contribution >= 4 is 28.0 Å². The first-order valence-electron chi connectivity index (χ1n) is 6.74. The van der Waals surface area contributed by atoms with Crippen LogP contribution in [0.15, 0.2) is 70.4 Å². The molecule has 0 amide bonds.